The van der Waals surface area contributed by atoms with Gasteiger partial charge < -0.3 is 9.52 Å². The van der Waals surface area contributed by atoms with Crippen LogP contribution in [0, 0.1) is 11.3 Å². The highest BCUT2D eigenvalue weighted by atomic mass is 16.3. The third kappa shape index (κ3) is 3.45. The number of nitriles is 1. The van der Waals surface area contributed by atoms with Gasteiger partial charge in [-0.25, -0.2) is 0 Å². The Labute approximate surface area is 136 Å². The molecule has 1 unspecified atom stereocenters. The Kier molecular flexibility index (Phi) is 4.77. The minimum atomic E-state index is 0.173. The van der Waals surface area contributed by atoms with Crippen LogP contribution >= 0.6 is 0 Å². The average molecular weight is 311 g/mol. The van der Waals surface area contributed by atoms with E-state index in [0.717, 1.165) is 43.3 Å². The maximum atomic E-state index is 9.43. The van der Waals surface area contributed by atoms with E-state index in [1.807, 2.05) is 37.4 Å². The lowest BCUT2D eigenvalue weighted by atomic mass is 10.1. The molecule has 1 atom stereocenters. The quantitative estimate of drug-likeness (QED) is 0.935. The van der Waals surface area contributed by atoms with E-state index in [1.54, 1.807) is 6.07 Å². The first kappa shape index (κ1) is 15.8. The van der Waals surface area contributed by atoms with E-state index in [-0.39, 0.29) is 12.6 Å². The Hall–Kier alpha value is -2.13. The van der Waals surface area contributed by atoms with Gasteiger partial charge in [0.2, 0.25) is 0 Å². The molecule has 0 radical (unpaired) electrons. The first-order valence-electron chi connectivity index (χ1n) is 7.83. The van der Waals surface area contributed by atoms with Gasteiger partial charge in [-0.2, -0.15) is 5.26 Å². The van der Waals surface area contributed by atoms with Gasteiger partial charge in [-0.05, 0) is 31.3 Å². The van der Waals surface area contributed by atoms with Gasteiger partial charge in [0.1, 0.15) is 11.5 Å². The maximum absolute atomic E-state index is 9.43. The molecule has 1 aliphatic heterocycles. The summed E-state index contributed by atoms with van der Waals surface area (Å²) >= 11 is 0. The fourth-order valence-electron chi connectivity index (χ4n) is 2.97. The second-order valence-electron chi connectivity index (χ2n) is 5.98. The summed E-state index contributed by atoms with van der Waals surface area (Å²) in [5.41, 5.74) is 1.45. The zero-order valence-electron chi connectivity index (χ0n) is 13.3. The highest BCUT2D eigenvalue weighted by Crippen LogP contribution is 2.26. The fraction of sp³-hybridized carbons (Fsp3) is 0.389. The van der Waals surface area contributed by atoms with Crippen LogP contribution in [0.15, 0.2) is 40.8 Å². The van der Waals surface area contributed by atoms with Crippen LogP contribution in [0.4, 0.5) is 0 Å². The van der Waals surface area contributed by atoms with Gasteiger partial charge in [0.25, 0.3) is 0 Å². The second-order valence-corrected chi connectivity index (χ2v) is 5.98. The molecular weight excluding hydrogens is 290 g/mol. The topological polar surface area (TPSA) is 63.6 Å². The lowest BCUT2D eigenvalue weighted by Gasteiger charge is -2.38. The van der Waals surface area contributed by atoms with Gasteiger partial charge in [-0.3, -0.25) is 9.80 Å². The predicted molar refractivity (Wildman–Crippen MR) is 87.6 cm³/mol. The molecule has 0 bridgehead atoms. The minimum Gasteiger partial charge on any atom is -0.460 e. The molecule has 1 fully saturated rings. The number of hydrogen-bond acceptors (Lipinski definition) is 5. The first-order chi connectivity index (χ1) is 11.2. The number of aliphatic hydroxyl groups excluding tert-OH is 1. The van der Waals surface area contributed by atoms with E-state index in [9.17, 15) is 10.4 Å². The van der Waals surface area contributed by atoms with Gasteiger partial charge >= 0.3 is 0 Å². The molecule has 5 nitrogen and oxygen atoms in total. The molecule has 1 aliphatic rings. The Morgan fingerprint density at radius 3 is 2.87 bits per heavy atom. The van der Waals surface area contributed by atoms with Crippen LogP contribution in [0.25, 0.3) is 11.3 Å². The van der Waals surface area contributed by atoms with Crippen molar-refractivity contribution in [3.63, 3.8) is 0 Å². The molecule has 0 amide bonds. The van der Waals surface area contributed by atoms with Gasteiger partial charge in [-0.1, -0.05) is 12.1 Å². The SMILES string of the molecule is CN1CCN(Cc2ccc(-c3ccccc3C#N)o2)CC1CO. The number of rotatable bonds is 4. The molecule has 2 heterocycles. The van der Waals surface area contributed by atoms with E-state index in [2.05, 4.69) is 15.9 Å². The largest absolute Gasteiger partial charge is 0.460 e. The van der Waals surface area contributed by atoms with Crippen LogP contribution in [0.1, 0.15) is 11.3 Å². The van der Waals surface area contributed by atoms with Crippen LogP contribution < -0.4 is 0 Å². The molecule has 0 spiro atoms. The van der Waals surface area contributed by atoms with Crippen molar-refractivity contribution < 1.29 is 9.52 Å². The highest BCUT2D eigenvalue weighted by Gasteiger charge is 2.24. The standard InChI is InChI=1S/C18H21N3O2/c1-20-8-9-21(11-15(20)13-22)12-16-6-7-18(23-16)17-5-3-2-4-14(17)10-19/h2-7,15,22H,8-9,11-13H2,1H3. The number of aliphatic hydroxyl groups is 1. The molecule has 0 saturated carbocycles. The molecule has 3 rings (SSSR count). The Balaban J connectivity index is 1.72. The minimum absolute atomic E-state index is 0.173. The summed E-state index contributed by atoms with van der Waals surface area (Å²) in [4.78, 5) is 4.48. The molecule has 120 valence electrons. The van der Waals surface area contributed by atoms with Crippen LogP contribution in [0.2, 0.25) is 0 Å². The summed E-state index contributed by atoms with van der Waals surface area (Å²) in [5.74, 6) is 1.61. The molecule has 0 aliphatic carbocycles. The third-order valence-electron chi connectivity index (χ3n) is 4.43. The number of furan rings is 1. The summed E-state index contributed by atoms with van der Waals surface area (Å²) < 4.78 is 5.94. The lowest BCUT2D eigenvalue weighted by molar-refractivity contribution is 0.0509. The smallest absolute Gasteiger partial charge is 0.135 e. The Morgan fingerprint density at radius 1 is 1.26 bits per heavy atom. The van der Waals surface area contributed by atoms with Gasteiger partial charge in [0.15, 0.2) is 0 Å². The van der Waals surface area contributed by atoms with Crippen molar-refractivity contribution in [2.75, 3.05) is 33.3 Å². The van der Waals surface area contributed by atoms with Gasteiger partial charge in [0.05, 0.1) is 24.8 Å². The van der Waals surface area contributed by atoms with Crippen molar-refractivity contribution in [1.82, 2.24) is 9.80 Å². The number of nitrogens with zero attached hydrogens (tertiary/aromatic N) is 3. The van der Waals surface area contributed by atoms with E-state index in [0.29, 0.717) is 5.56 Å². The van der Waals surface area contributed by atoms with Gasteiger partial charge in [-0.15, -0.1) is 0 Å². The second kappa shape index (κ2) is 6.97. The normalized spacial score (nSPS) is 19.6. The van der Waals surface area contributed by atoms with Crippen molar-refractivity contribution >= 4 is 0 Å². The summed E-state index contributed by atoms with van der Waals surface area (Å²) in [5, 5.41) is 18.6. The van der Waals surface area contributed by atoms with Crippen LogP contribution in [-0.4, -0.2) is 54.2 Å². The molecule has 1 aromatic heterocycles. The van der Waals surface area contributed by atoms with Crippen molar-refractivity contribution in [3.8, 4) is 17.4 Å². The molecule has 23 heavy (non-hydrogen) atoms. The summed E-state index contributed by atoms with van der Waals surface area (Å²) in [6, 6.07) is 13.7. The molecule has 1 aromatic carbocycles. The highest BCUT2D eigenvalue weighted by molar-refractivity contribution is 5.66. The zero-order valence-corrected chi connectivity index (χ0v) is 13.3. The van der Waals surface area contributed by atoms with Crippen LogP contribution in [0.3, 0.4) is 0 Å². The van der Waals surface area contributed by atoms with Crippen LogP contribution in [-0.2, 0) is 6.54 Å². The molecule has 1 saturated heterocycles. The lowest BCUT2D eigenvalue weighted by Crippen LogP contribution is -2.52. The molecule has 5 heteroatoms. The average Bonchev–Trinajstić information content (AvgIpc) is 3.05. The van der Waals surface area contributed by atoms with E-state index < -0.39 is 0 Å². The Bertz CT molecular complexity index is 704. The Morgan fingerprint density at radius 2 is 2.09 bits per heavy atom. The monoisotopic (exact) mass is 311 g/mol. The zero-order chi connectivity index (χ0) is 16.2. The third-order valence-corrected chi connectivity index (χ3v) is 4.43. The summed E-state index contributed by atoms with van der Waals surface area (Å²) in [6.45, 7) is 3.62. The predicted octanol–water partition coefficient (Wildman–Crippen LogP) is 1.93. The maximum Gasteiger partial charge on any atom is 0.135 e. The van der Waals surface area contributed by atoms with E-state index in [4.69, 9.17) is 4.42 Å². The summed E-state index contributed by atoms with van der Waals surface area (Å²) in [6.07, 6.45) is 0. The van der Waals surface area contributed by atoms with Crippen molar-refractivity contribution in [1.29, 1.82) is 5.26 Å². The summed E-state index contributed by atoms with van der Waals surface area (Å²) in [7, 11) is 2.04. The number of hydrogen-bond donors (Lipinski definition) is 1. The fourth-order valence-corrected chi connectivity index (χ4v) is 2.97. The molecule has 2 aromatic rings. The number of likely N-dealkylation sites (N-methyl/N-ethyl adjacent to an activating group) is 1. The van der Waals surface area contributed by atoms with Gasteiger partial charge in [0, 0.05) is 31.2 Å². The number of piperazine rings is 1. The van der Waals surface area contributed by atoms with E-state index >= 15 is 0 Å². The molecular formula is C18H21N3O2. The number of benzene rings is 1. The molecule has 1 N–H and O–H groups in total. The first-order valence-corrected chi connectivity index (χ1v) is 7.83. The van der Waals surface area contributed by atoms with Crippen LogP contribution in [0.5, 0.6) is 0 Å². The van der Waals surface area contributed by atoms with E-state index in [1.165, 1.54) is 0 Å². The van der Waals surface area contributed by atoms with Crippen molar-refractivity contribution in [2.45, 2.75) is 12.6 Å². The van der Waals surface area contributed by atoms with Crippen molar-refractivity contribution in [2.24, 2.45) is 0 Å². The van der Waals surface area contributed by atoms with Crippen molar-refractivity contribution in [3.05, 3.63) is 47.7 Å².